The van der Waals surface area contributed by atoms with Crippen molar-refractivity contribution < 1.29 is 37.0 Å². The summed E-state index contributed by atoms with van der Waals surface area (Å²) in [5.41, 5.74) is -0.429. The van der Waals surface area contributed by atoms with Crippen molar-refractivity contribution in [3.05, 3.63) is 83.3 Å². The summed E-state index contributed by atoms with van der Waals surface area (Å²) in [5, 5.41) is 13.1. The second kappa shape index (κ2) is 8.90. The molecule has 0 saturated carbocycles. The monoisotopic (exact) mass is 503 g/mol. The lowest BCUT2D eigenvalue weighted by molar-refractivity contribution is -0.265. The van der Waals surface area contributed by atoms with Gasteiger partial charge in [-0.25, -0.2) is 9.37 Å². The summed E-state index contributed by atoms with van der Waals surface area (Å²) >= 11 is 0. The number of primary amides is 1. The van der Waals surface area contributed by atoms with Gasteiger partial charge in [0.05, 0.1) is 12.2 Å². The molecule has 4 rings (SSSR count). The molecule has 11 heteroatoms. The van der Waals surface area contributed by atoms with Crippen LogP contribution >= 0.6 is 0 Å². The van der Waals surface area contributed by atoms with Crippen LogP contribution in [0.5, 0.6) is 5.75 Å². The molecule has 2 heterocycles. The van der Waals surface area contributed by atoms with Crippen LogP contribution in [0.15, 0.2) is 60.7 Å². The van der Waals surface area contributed by atoms with Gasteiger partial charge in [0.15, 0.2) is 0 Å². The lowest BCUT2D eigenvalue weighted by atomic mass is 9.81. The number of aliphatic hydroxyl groups is 1. The Bertz CT molecular complexity index is 1320. The third-order valence-electron chi connectivity index (χ3n) is 6.17. The van der Waals surface area contributed by atoms with Gasteiger partial charge in [0, 0.05) is 16.7 Å². The Labute approximate surface area is 202 Å². The third kappa shape index (κ3) is 4.26. The molecule has 0 fully saturated rings. The van der Waals surface area contributed by atoms with Gasteiger partial charge in [-0.05, 0) is 49.4 Å². The summed E-state index contributed by atoms with van der Waals surface area (Å²) in [5.74, 6) is -2.31. The number of alkyl halides is 3. The highest BCUT2D eigenvalue weighted by Crippen LogP contribution is 2.47. The molecule has 0 bridgehead atoms. The van der Waals surface area contributed by atoms with Crippen molar-refractivity contribution in [2.45, 2.75) is 24.1 Å². The van der Waals surface area contributed by atoms with Gasteiger partial charge in [0.1, 0.15) is 29.3 Å². The SMILES string of the molecule is C[C@]1(C(N)=O)COc2c1cc(C(O)(CNC(=O)c1ccccc1)C(F)(F)F)nc2-c1ccc(F)cc1. The van der Waals surface area contributed by atoms with Crippen LogP contribution in [0.4, 0.5) is 17.6 Å². The van der Waals surface area contributed by atoms with Crippen LogP contribution in [0.1, 0.15) is 28.5 Å². The van der Waals surface area contributed by atoms with Crippen molar-refractivity contribution in [2.75, 3.05) is 13.2 Å². The molecule has 1 aliphatic rings. The Kier molecular flexibility index (Phi) is 6.21. The smallest absolute Gasteiger partial charge is 0.424 e. The largest absolute Gasteiger partial charge is 0.489 e. The lowest BCUT2D eigenvalue weighted by Crippen LogP contribution is -2.51. The number of hydrogen-bond acceptors (Lipinski definition) is 5. The number of nitrogens with one attached hydrogen (secondary N) is 1. The number of aromatic nitrogens is 1. The number of fused-ring (bicyclic) bond motifs is 1. The molecule has 36 heavy (non-hydrogen) atoms. The molecule has 188 valence electrons. The number of amides is 2. The van der Waals surface area contributed by atoms with E-state index in [0.717, 1.165) is 18.2 Å². The predicted octanol–water partition coefficient (Wildman–Crippen LogP) is 3.20. The van der Waals surface area contributed by atoms with E-state index in [0.29, 0.717) is 0 Å². The molecule has 0 aliphatic carbocycles. The van der Waals surface area contributed by atoms with Crippen LogP contribution < -0.4 is 15.8 Å². The molecule has 4 N–H and O–H groups in total. The van der Waals surface area contributed by atoms with Gasteiger partial charge >= 0.3 is 6.18 Å². The number of rotatable bonds is 6. The van der Waals surface area contributed by atoms with Gasteiger partial charge in [-0.1, -0.05) is 18.2 Å². The minimum Gasteiger partial charge on any atom is -0.489 e. The van der Waals surface area contributed by atoms with E-state index in [1.807, 2.05) is 0 Å². The Balaban J connectivity index is 1.86. The highest BCUT2D eigenvalue weighted by molar-refractivity contribution is 5.94. The molecule has 2 atom stereocenters. The molecule has 2 amide bonds. The minimum absolute atomic E-state index is 0.00972. The van der Waals surface area contributed by atoms with Crippen molar-refractivity contribution in [3.63, 3.8) is 0 Å². The molecule has 1 unspecified atom stereocenters. The number of carbonyl (C=O) groups excluding carboxylic acids is 2. The number of ether oxygens (including phenoxy) is 1. The third-order valence-corrected chi connectivity index (χ3v) is 6.17. The zero-order valence-corrected chi connectivity index (χ0v) is 18.9. The van der Waals surface area contributed by atoms with Crippen molar-refractivity contribution in [2.24, 2.45) is 5.73 Å². The first kappa shape index (κ1) is 25.1. The van der Waals surface area contributed by atoms with Crippen LogP contribution in [0, 0.1) is 5.82 Å². The molecule has 0 saturated heterocycles. The van der Waals surface area contributed by atoms with Gasteiger partial charge in [-0.2, -0.15) is 13.2 Å². The van der Waals surface area contributed by atoms with Crippen molar-refractivity contribution >= 4 is 11.8 Å². The summed E-state index contributed by atoms with van der Waals surface area (Å²) in [6.07, 6.45) is -5.29. The maximum Gasteiger partial charge on any atom is 0.424 e. The molecule has 2 aromatic carbocycles. The van der Waals surface area contributed by atoms with Crippen LogP contribution in [0.25, 0.3) is 11.3 Å². The fourth-order valence-electron chi connectivity index (χ4n) is 3.84. The molecular weight excluding hydrogens is 482 g/mol. The second-order valence-corrected chi connectivity index (χ2v) is 8.63. The molecular formula is C25H21F4N3O4. The van der Waals surface area contributed by atoms with Gasteiger partial charge in [-0.15, -0.1) is 0 Å². The fourth-order valence-corrected chi connectivity index (χ4v) is 3.84. The average Bonchev–Trinajstić information content (AvgIpc) is 3.20. The van der Waals surface area contributed by atoms with Crippen LogP contribution in [0.3, 0.4) is 0 Å². The topological polar surface area (TPSA) is 115 Å². The minimum atomic E-state index is -5.29. The van der Waals surface area contributed by atoms with E-state index in [4.69, 9.17) is 10.5 Å². The van der Waals surface area contributed by atoms with Crippen LogP contribution in [-0.4, -0.2) is 41.2 Å². The van der Waals surface area contributed by atoms with E-state index in [1.54, 1.807) is 6.07 Å². The molecule has 7 nitrogen and oxygen atoms in total. The quantitative estimate of drug-likeness (QED) is 0.447. The van der Waals surface area contributed by atoms with E-state index >= 15 is 0 Å². The zero-order valence-electron chi connectivity index (χ0n) is 18.9. The number of nitrogens with two attached hydrogens (primary N) is 1. The molecule has 0 spiro atoms. The first-order valence-electron chi connectivity index (χ1n) is 10.7. The summed E-state index contributed by atoms with van der Waals surface area (Å²) < 4.78 is 62.1. The maximum absolute atomic E-state index is 14.3. The molecule has 1 aromatic heterocycles. The fraction of sp³-hybridized carbons (Fsp3) is 0.240. The summed E-state index contributed by atoms with van der Waals surface area (Å²) in [6, 6.07) is 13.1. The van der Waals surface area contributed by atoms with E-state index in [1.165, 1.54) is 43.3 Å². The number of benzene rings is 2. The van der Waals surface area contributed by atoms with E-state index < -0.39 is 47.1 Å². The Morgan fingerprint density at radius 2 is 1.78 bits per heavy atom. The Hall–Kier alpha value is -3.99. The molecule has 1 aliphatic heterocycles. The predicted molar refractivity (Wildman–Crippen MR) is 120 cm³/mol. The molecule has 0 radical (unpaired) electrons. The summed E-state index contributed by atoms with van der Waals surface area (Å²) in [4.78, 5) is 28.7. The molecule has 3 aromatic rings. The highest BCUT2D eigenvalue weighted by Gasteiger charge is 2.57. The number of pyridine rings is 1. The number of carbonyl (C=O) groups is 2. The summed E-state index contributed by atoms with van der Waals surface area (Å²) in [6.45, 7) is -0.150. The summed E-state index contributed by atoms with van der Waals surface area (Å²) in [7, 11) is 0. The van der Waals surface area contributed by atoms with Gasteiger partial charge in [-0.3, -0.25) is 9.59 Å². The second-order valence-electron chi connectivity index (χ2n) is 8.63. The van der Waals surface area contributed by atoms with Crippen molar-refractivity contribution in [1.29, 1.82) is 0 Å². The highest BCUT2D eigenvalue weighted by atomic mass is 19.4. The maximum atomic E-state index is 14.3. The van der Waals surface area contributed by atoms with E-state index in [9.17, 15) is 32.3 Å². The normalized spacial score (nSPS) is 18.6. The van der Waals surface area contributed by atoms with Gasteiger partial charge < -0.3 is 20.9 Å². The Morgan fingerprint density at radius 3 is 2.36 bits per heavy atom. The van der Waals surface area contributed by atoms with Crippen molar-refractivity contribution in [3.8, 4) is 17.0 Å². The average molecular weight is 503 g/mol. The Morgan fingerprint density at radius 1 is 1.14 bits per heavy atom. The first-order valence-corrected chi connectivity index (χ1v) is 10.7. The van der Waals surface area contributed by atoms with Gasteiger partial charge in [0.25, 0.3) is 5.91 Å². The lowest BCUT2D eigenvalue weighted by Gasteiger charge is -2.31. The van der Waals surface area contributed by atoms with Gasteiger partial charge in [0.2, 0.25) is 11.5 Å². The van der Waals surface area contributed by atoms with Crippen LogP contribution in [-0.2, 0) is 15.8 Å². The number of hydrogen-bond donors (Lipinski definition) is 3. The zero-order chi connectivity index (χ0) is 26.3. The number of halogens is 4. The van der Waals surface area contributed by atoms with Crippen molar-refractivity contribution in [1.82, 2.24) is 10.3 Å². The first-order chi connectivity index (χ1) is 16.9. The van der Waals surface area contributed by atoms with Crippen LogP contribution in [0.2, 0.25) is 0 Å². The number of nitrogens with zero attached hydrogens (tertiary/aromatic N) is 1. The standard InChI is InChI=1S/C25H21F4N3O4/c1-23(22(30)34)13-36-20-17(23)11-18(32-19(20)14-7-9-16(26)10-8-14)24(35,25(27,28)29)12-31-21(33)15-5-3-2-4-6-15/h2-11,35H,12-13H2,1H3,(H2,30,34)(H,31,33)/t23-,24?/m0/s1. The van der Waals surface area contributed by atoms with E-state index in [-0.39, 0.29) is 34.7 Å². The van der Waals surface area contributed by atoms with E-state index in [2.05, 4.69) is 10.3 Å².